The second kappa shape index (κ2) is 7.66. The molecule has 0 saturated carbocycles. The standard InChI is InChI=1S/C12H17BrN2O2S/c1-3-5-14-11(17)8-15(2)7-10(16)12-9(13)4-6-18-12/h4,6H,3,5,7-8H2,1-2H3,(H,14,17). The summed E-state index contributed by atoms with van der Waals surface area (Å²) in [4.78, 5) is 25.8. The van der Waals surface area contributed by atoms with Crippen LogP contribution in [0.1, 0.15) is 23.0 Å². The highest BCUT2D eigenvalue weighted by Gasteiger charge is 2.15. The van der Waals surface area contributed by atoms with Crippen molar-refractivity contribution in [2.24, 2.45) is 0 Å². The first-order valence-electron chi connectivity index (χ1n) is 5.76. The molecule has 1 heterocycles. The second-order valence-electron chi connectivity index (χ2n) is 4.04. The number of carbonyl (C=O) groups excluding carboxylic acids is 2. The number of likely N-dealkylation sites (N-methyl/N-ethyl adjacent to an activating group) is 1. The van der Waals surface area contributed by atoms with Gasteiger partial charge in [-0.15, -0.1) is 11.3 Å². The minimum absolute atomic E-state index is 0.0302. The second-order valence-corrected chi connectivity index (χ2v) is 5.81. The third-order valence-electron chi connectivity index (χ3n) is 2.27. The monoisotopic (exact) mass is 332 g/mol. The highest BCUT2D eigenvalue weighted by Crippen LogP contribution is 2.23. The molecule has 0 saturated heterocycles. The van der Waals surface area contributed by atoms with Crippen molar-refractivity contribution in [2.75, 3.05) is 26.7 Å². The maximum absolute atomic E-state index is 11.9. The summed E-state index contributed by atoms with van der Waals surface area (Å²) in [6.45, 7) is 3.17. The molecule has 1 aromatic rings. The van der Waals surface area contributed by atoms with Crippen molar-refractivity contribution < 1.29 is 9.59 Å². The van der Waals surface area contributed by atoms with E-state index < -0.39 is 0 Å². The van der Waals surface area contributed by atoms with Gasteiger partial charge in [0.25, 0.3) is 0 Å². The first kappa shape index (κ1) is 15.3. The molecule has 18 heavy (non-hydrogen) atoms. The van der Waals surface area contributed by atoms with Crippen LogP contribution >= 0.6 is 27.3 Å². The first-order chi connectivity index (χ1) is 8.54. The molecule has 0 spiro atoms. The van der Waals surface area contributed by atoms with Crippen LogP contribution in [0.3, 0.4) is 0 Å². The van der Waals surface area contributed by atoms with E-state index >= 15 is 0 Å². The van der Waals surface area contributed by atoms with Gasteiger partial charge < -0.3 is 5.32 Å². The van der Waals surface area contributed by atoms with Crippen molar-refractivity contribution in [3.63, 3.8) is 0 Å². The number of ketones is 1. The molecule has 0 aliphatic rings. The van der Waals surface area contributed by atoms with Crippen molar-refractivity contribution in [1.82, 2.24) is 10.2 Å². The van der Waals surface area contributed by atoms with E-state index in [1.807, 2.05) is 18.4 Å². The Kier molecular flexibility index (Phi) is 6.52. The molecule has 0 aliphatic carbocycles. The lowest BCUT2D eigenvalue weighted by Gasteiger charge is -2.14. The van der Waals surface area contributed by atoms with Crippen LogP contribution < -0.4 is 5.32 Å². The van der Waals surface area contributed by atoms with E-state index in [1.165, 1.54) is 11.3 Å². The van der Waals surface area contributed by atoms with Crippen LogP contribution in [0.5, 0.6) is 0 Å². The van der Waals surface area contributed by atoms with E-state index in [0.717, 1.165) is 10.9 Å². The Morgan fingerprint density at radius 3 is 2.72 bits per heavy atom. The lowest BCUT2D eigenvalue weighted by Crippen LogP contribution is -2.37. The van der Waals surface area contributed by atoms with Crippen LogP contribution in [0.25, 0.3) is 0 Å². The lowest BCUT2D eigenvalue weighted by molar-refractivity contribution is -0.121. The Labute approximate surface area is 119 Å². The van der Waals surface area contributed by atoms with Crippen LogP contribution in [-0.2, 0) is 4.79 Å². The molecule has 6 heteroatoms. The fourth-order valence-corrected chi connectivity index (χ4v) is 2.96. The van der Waals surface area contributed by atoms with Gasteiger partial charge >= 0.3 is 0 Å². The van der Waals surface area contributed by atoms with Gasteiger partial charge in [-0.05, 0) is 40.8 Å². The Hall–Kier alpha value is -0.720. The van der Waals surface area contributed by atoms with Crippen LogP contribution in [0.15, 0.2) is 15.9 Å². The number of nitrogens with zero attached hydrogens (tertiary/aromatic N) is 1. The Morgan fingerprint density at radius 2 is 2.17 bits per heavy atom. The smallest absolute Gasteiger partial charge is 0.234 e. The van der Waals surface area contributed by atoms with Gasteiger partial charge in [0.1, 0.15) is 0 Å². The van der Waals surface area contributed by atoms with Crippen LogP contribution in [0, 0.1) is 0 Å². The third kappa shape index (κ3) is 4.88. The number of thiophene rings is 1. The summed E-state index contributed by atoms with van der Waals surface area (Å²) < 4.78 is 0.821. The number of carbonyl (C=O) groups is 2. The van der Waals surface area contributed by atoms with Crippen molar-refractivity contribution in [3.05, 3.63) is 20.8 Å². The van der Waals surface area contributed by atoms with E-state index in [4.69, 9.17) is 0 Å². The summed E-state index contributed by atoms with van der Waals surface area (Å²) in [5.41, 5.74) is 0. The van der Waals surface area contributed by atoms with E-state index in [9.17, 15) is 9.59 Å². The average Bonchev–Trinajstić information content (AvgIpc) is 2.72. The average molecular weight is 333 g/mol. The number of Topliss-reactive ketones (excluding diaryl/α,β-unsaturated/α-hetero) is 1. The van der Waals surface area contributed by atoms with E-state index in [-0.39, 0.29) is 24.8 Å². The molecule has 0 fully saturated rings. The van der Waals surface area contributed by atoms with Crippen LogP contribution in [0.4, 0.5) is 0 Å². The van der Waals surface area contributed by atoms with Crippen LogP contribution in [-0.4, -0.2) is 43.3 Å². The lowest BCUT2D eigenvalue weighted by atomic mass is 10.3. The van der Waals surface area contributed by atoms with Gasteiger partial charge in [0.05, 0.1) is 18.0 Å². The minimum Gasteiger partial charge on any atom is -0.355 e. The minimum atomic E-state index is -0.0441. The first-order valence-corrected chi connectivity index (χ1v) is 7.43. The summed E-state index contributed by atoms with van der Waals surface area (Å²) in [5, 5.41) is 4.65. The normalized spacial score (nSPS) is 10.7. The van der Waals surface area contributed by atoms with Gasteiger partial charge in [-0.2, -0.15) is 0 Å². The molecule has 0 atom stereocenters. The molecule has 1 N–H and O–H groups in total. The number of hydrogen-bond donors (Lipinski definition) is 1. The zero-order chi connectivity index (χ0) is 13.5. The maximum atomic E-state index is 11.9. The van der Waals surface area contributed by atoms with Gasteiger partial charge in [-0.25, -0.2) is 0 Å². The summed E-state index contributed by atoms with van der Waals surface area (Å²) in [7, 11) is 1.77. The number of nitrogens with one attached hydrogen (secondary N) is 1. The maximum Gasteiger partial charge on any atom is 0.234 e. The van der Waals surface area contributed by atoms with Crippen molar-refractivity contribution >= 4 is 39.0 Å². The number of halogens is 1. The van der Waals surface area contributed by atoms with Gasteiger partial charge in [-0.3, -0.25) is 14.5 Å². The van der Waals surface area contributed by atoms with Crippen LogP contribution in [0.2, 0.25) is 0 Å². The van der Waals surface area contributed by atoms with E-state index in [1.54, 1.807) is 11.9 Å². The largest absolute Gasteiger partial charge is 0.355 e. The molecule has 0 bridgehead atoms. The zero-order valence-corrected chi connectivity index (χ0v) is 12.9. The Bertz CT molecular complexity index is 420. The topological polar surface area (TPSA) is 49.4 Å². The summed E-state index contributed by atoms with van der Waals surface area (Å²) in [5.74, 6) is -0.0138. The third-order valence-corrected chi connectivity index (χ3v) is 4.15. The van der Waals surface area contributed by atoms with Gasteiger partial charge in [-0.1, -0.05) is 6.92 Å². The molecule has 1 amide bonds. The number of rotatable bonds is 7. The summed E-state index contributed by atoms with van der Waals surface area (Å²) >= 11 is 4.74. The SMILES string of the molecule is CCCNC(=O)CN(C)CC(=O)c1sccc1Br. The van der Waals surface area contributed by atoms with Crippen molar-refractivity contribution in [3.8, 4) is 0 Å². The van der Waals surface area contributed by atoms with Gasteiger partial charge in [0.2, 0.25) is 5.91 Å². The summed E-state index contributed by atoms with van der Waals surface area (Å²) in [6, 6.07) is 1.85. The zero-order valence-electron chi connectivity index (χ0n) is 10.5. The molecule has 100 valence electrons. The summed E-state index contributed by atoms with van der Waals surface area (Å²) in [6.07, 6.45) is 0.913. The molecule has 1 rings (SSSR count). The van der Waals surface area contributed by atoms with Crippen molar-refractivity contribution in [2.45, 2.75) is 13.3 Å². The molecule has 1 aromatic heterocycles. The Morgan fingerprint density at radius 1 is 1.44 bits per heavy atom. The highest BCUT2D eigenvalue weighted by atomic mass is 79.9. The van der Waals surface area contributed by atoms with E-state index in [2.05, 4.69) is 21.2 Å². The fraction of sp³-hybridized carbons (Fsp3) is 0.500. The molecule has 0 radical (unpaired) electrons. The molecule has 0 aliphatic heterocycles. The molecule has 0 unspecified atom stereocenters. The number of amides is 1. The Balaban J connectivity index is 2.41. The van der Waals surface area contributed by atoms with Gasteiger partial charge in [0.15, 0.2) is 5.78 Å². The molecule has 0 aromatic carbocycles. The predicted octanol–water partition coefficient (Wildman–Crippen LogP) is 2.15. The molecule has 4 nitrogen and oxygen atoms in total. The molecular formula is C12H17BrN2O2S. The number of hydrogen-bond acceptors (Lipinski definition) is 4. The quantitative estimate of drug-likeness (QED) is 0.778. The molecular weight excluding hydrogens is 316 g/mol. The predicted molar refractivity (Wildman–Crippen MR) is 77.1 cm³/mol. The fourth-order valence-electron chi connectivity index (χ4n) is 1.43. The van der Waals surface area contributed by atoms with Crippen molar-refractivity contribution in [1.29, 1.82) is 0 Å². The highest BCUT2D eigenvalue weighted by molar-refractivity contribution is 9.10. The van der Waals surface area contributed by atoms with Gasteiger partial charge in [0, 0.05) is 11.0 Å². The van der Waals surface area contributed by atoms with E-state index in [0.29, 0.717) is 11.4 Å².